The summed E-state index contributed by atoms with van der Waals surface area (Å²) in [5, 5.41) is 11.4. The average molecular weight is 258 g/mol. The largest absolute Gasteiger partial charge is 0.479 e. The highest BCUT2D eigenvalue weighted by Crippen LogP contribution is 2.12. The van der Waals surface area contributed by atoms with Gasteiger partial charge in [0.05, 0.1) is 12.6 Å². The van der Waals surface area contributed by atoms with Gasteiger partial charge in [0.1, 0.15) is 6.04 Å². The molecule has 2 N–H and O–H groups in total. The number of ether oxygens (including phenoxy) is 1. The van der Waals surface area contributed by atoms with Gasteiger partial charge >= 0.3 is 5.97 Å². The molecule has 1 saturated heterocycles. The molecule has 2 amide bonds. The van der Waals surface area contributed by atoms with E-state index in [1.807, 2.05) is 0 Å². The van der Waals surface area contributed by atoms with E-state index in [4.69, 9.17) is 9.84 Å². The number of aliphatic carboxylic acids is 1. The van der Waals surface area contributed by atoms with Crippen molar-refractivity contribution in [2.45, 2.75) is 39.0 Å². The molecule has 102 valence electrons. The van der Waals surface area contributed by atoms with Crippen LogP contribution in [0.2, 0.25) is 0 Å². The minimum Gasteiger partial charge on any atom is -0.479 e. The number of hydrogen-bond acceptors (Lipinski definition) is 4. The zero-order valence-corrected chi connectivity index (χ0v) is 10.7. The van der Waals surface area contributed by atoms with E-state index in [0.29, 0.717) is 6.54 Å². The number of morpholine rings is 1. The van der Waals surface area contributed by atoms with E-state index in [1.165, 1.54) is 11.8 Å². The number of nitrogens with one attached hydrogen (secondary N) is 1. The topological polar surface area (TPSA) is 95.9 Å². The summed E-state index contributed by atoms with van der Waals surface area (Å²) in [7, 11) is 0. The zero-order chi connectivity index (χ0) is 13.9. The van der Waals surface area contributed by atoms with Gasteiger partial charge in [-0.2, -0.15) is 0 Å². The minimum absolute atomic E-state index is 0.00241. The predicted molar refractivity (Wildman–Crippen MR) is 61.8 cm³/mol. The number of rotatable bonds is 3. The van der Waals surface area contributed by atoms with E-state index in [1.54, 1.807) is 13.8 Å². The molecule has 3 atom stereocenters. The molecular formula is C11H18N2O5. The standard InChI is InChI=1S/C11H18N2O5/c1-6-4-13(5-9(18-6)11(16)17)10(15)7(2)12-8(3)14/h6-7,9H,4-5H2,1-3H3,(H,12,14)(H,16,17)/t6-,7?,9?/m1/s1. The van der Waals surface area contributed by atoms with Crippen LogP contribution in [0.1, 0.15) is 20.8 Å². The summed E-state index contributed by atoms with van der Waals surface area (Å²) in [6.07, 6.45) is -1.35. The highest BCUT2D eigenvalue weighted by atomic mass is 16.5. The van der Waals surface area contributed by atoms with Crippen LogP contribution in [0.5, 0.6) is 0 Å². The lowest BCUT2D eigenvalue weighted by molar-refractivity contribution is -0.167. The first-order valence-electron chi connectivity index (χ1n) is 5.75. The lowest BCUT2D eigenvalue weighted by Gasteiger charge is -2.36. The van der Waals surface area contributed by atoms with Gasteiger partial charge in [0, 0.05) is 13.5 Å². The molecule has 1 aliphatic heterocycles. The van der Waals surface area contributed by atoms with Gasteiger partial charge in [0.2, 0.25) is 11.8 Å². The summed E-state index contributed by atoms with van der Waals surface area (Å²) in [6, 6.07) is -0.665. The van der Waals surface area contributed by atoms with Crippen LogP contribution in [0.25, 0.3) is 0 Å². The van der Waals surface area contributed by atoms with Gasteiger partial charge in [-0.1, -0.05) is 0 Å². The van der Waals surface area contributed by atoms with E-state index < -0.39 is 18.1 Å². The number of carbonyl (C=O) groups is 3. The van der Waals surface area contributed by atoms with Crippen LogP contribution in [-0.4, -0.2) is 59.1 Å². The Hall–Kier alpha value is -1.63. The Kier molecular flexibility index (Phi) is 4.66. The van der Waals surface area contributed by atoms with Crippen LogP contribution in [0.4, 0.5) is 0 Å². The fraction of sp³-hybridized carbons (Fsp3) is 0.727. The number of amides is 2. The summed E-state index contributed by atoms with van der Waals surface area (Å²) in [6.45, 7) is 4.93. The van der Waals surface area contributed by atoms with Crippen molar-refractivity contribution in [2.24, 2.45) is 0 Å². The van der Waals surface area contributed by atoms with Crippen LogP contribution >= 0.6 is 0 Å². The van der Waals surface area contributed by atoms with Crippen LogP contribution in [-0.2, 0) is 19.1 Å². The van der Waals surface area contributed by atoms with Gasteiger partial charge in [0.25, 0.3) is 0 Å². The third kappa shape index (κ3) is 3.69. The number of hydrogen-bond donors (Lipinski definition) is 2. The summed E-state index contributed by atoms with van der Waals surface area (Å²) in [4.78, 5) is 35.2. The summed E-state index contributed by atoms with van der Waals surface area (Å²) < 4.78 is 5.21. The van der Waals surface area contributed by atoms with Gasteiger partial charge in [-0.15, -0.1) is 0 Å². The van der Waals surface area contributed by atoms with Crippen molar-refractivity contribution in [1.82, 2.24) is 10.2 Å². The molecular weight excluding hydrogens is 240 g/mol. The smallest absolute Gasteiger partial charge is 0.334 e. The predicted octanol–water partition coefficient (Wildman–Crippen LogP) is -0.788. The number of carbonyl (C=O) groups excluding carboxylic acids is 2. The SMILES string of the molecule is CC(=O)NC(C)C(=O)N1CC(C(=O)O)O[C@H](C)C1. The monoisotopic (exact) mass is 258 g/mol. The summed E-state index contributed by atoms with van der Waals surface area (Å²) >= 11 is 0. The molecule has 0 aliphatic carbocycles. The Labute approximate surface area is 105 Å². The Morgan fingerprint density at radius 1 is 1.39 bits per heavy atom. The lowest BCUT2D eigenvalue weighted by atomic mass is 10.2. The second-order valence-electron chi connectivity index (χ2n) is 4.44. The Morgan fingerprint density at radius 2 is 2.00 bits per heavy atom. The highest BCUT2D eigenvalue weighted by molar-refractivity contribution is 5.87. The molecule has 1 rings (SSSR count). The molecule has 1 fully saturated rings. The molecule has 0 radical (unpaired) electrons. The molecule has 0 aromatic carbocycles. The first-order chi connectivity index (χ1) is 8.31. The summed E-state index contributed by atoms with van der Waals surface area (Å²) in [5.74, 6) is -1.69. The minimum atomic E-state index is -1.09. The van der Waals surface area contributed by atoms with E-state index in [-0.39, 0.29) is 24.5 Å². The fourth-order valence-electron chi connectivity index (χ4n) is 1.91. The van der Waals surface area contributed by atoms with Gasteiger partial charge in [-0.25, -0.2) is 4.79 Å². The van der Waals surface area contributed by atoms with Crippen molar-refractivity contribution in [3.63, 3.8) is 0 Å². The zero-order valence-electron chi connectivity index (χ0n) is 10.7. The lowest BCUT2D eigenvalue weighted by Crippen LogP contribution is -2.56. The highest BCUT2D eigenvalue weighted by Gasteiger charge is 2.34. The van der Waals surface area contributed by atoms with E-state index >= 15 is 0 Å². The van der Waals surface area contributed by atoms with Gasteiger partial charge < -0.3 is 20.1 Å². The van der Waals surface area contributed by atoms with Crippen molar-refractivity contribution >= 4 is 17.8 Å². The second-order valence-corrected chi connectivity index (χ2v) is 4.44. The van der Waals surface area contributed by atoms with Crippen molar-refractivity contribution in [3.05, 3.63) is 0 Å². The molecule has 0 saturated carbocycles. The molecule has 0 bridgehead atoms. The number of carboxylic acids is 1. The molecule has 18 heavy (non-hydrogen) atoms. The van der Waals surface area contributed by atoms with E-state index in [9.17, 15) is 14.4 Å². The molecule has 1 aliphatic rings. The Morgan fingerprint density at radius 3 is 2.50 bits per heavy atom. The molecule has 7 heteroatoms. The van der Waals surface area contributed by atoms with Gasteiger partial charge in [0.15, 0.2) is 6.10 Å². The quantitative estimate of drug-likeness (QED) is 0.691. The van der Waals surface area contributed by atoms with Crippen LogP contribution in [0, 0.1) is 0 Å². The van der Waals surface area contributed by atoms with Crippen molar-refractivity contribution in [3.8, 4) is 0 Å². The maximum Gasteiger partial charge on any atom is 0.334 e. The first kappa shape index (κ1) is 14.4. The maximum absolute atomic E-state index is 12.0. The second kappa shape index (κ2) is 5.81. The summed E-state index contributed by atoms with van der Waals surface area (Å²) in [5.41, 5.74) is 0. The van der Waals surface area contributed by atoms with Gasteiger partial charge in [-0.05, 0) is 13.8 Å². The van der Waals surface area contributed by atoms with Crippen molar-refractivity contribution in [1.29, 1.82) is 0 Å². The third-order valence-electron chi connectivity index (χ3n) is 2.64. The molecule has 0 spiro atoms. The average Bonchev–Trinajstić information content (AvgIpc) is 2.26. The van der Waals surface area contributed by atoms with Crippen LogP contribution in [0.15, 0.2) is 0 Å². The van der Waals surface area contributed by atoms with Crippen LogP contribution in [0.3, 0.4) is 0 Å². The fourth-order valence-corrected chi connectivity index (χ4v) is 1.91. The normalized spacial score (nSPS) is 25.4. The molecule has 1 heterocycles. The van der Waals surface area contributed by atoms with Gasteiger partial charge in [-0.3, -0.25) is 9.59 Å². The first-order valence-corrected chi connectivity index (χ1v) is 5.75. The molecule has 0 aromatic rings. The number of carboxylic acid groups (broad SMARTS) is 1. The van der Waals surface area contributed by atoms with Crippen LogP contribution < -0.4 is 5.32 Å². The third-order valence-corrected chi connectivity index (χ3v) is 2.64. The Bertz CT molecular complexity index is 357. The van der Waals surface area contributed by atoms with E-state index in [0.717, 1.165) is 0 Å². The van der Waals surface area contributed by atoms with E-state index in [2.05, 4.69) is 5.32 Å². The molecule has 7 nitrogen and oxygen atoms in total. The Balaban J connectivity index is 2.67. The van der Waals surface area contributed by atoms with Crippen molar-refractivity contribution in [2.75, 3.05) is 13.1 Å². The molecule has 0 aromatic heterocycles. The molecule has 2 unspecified atom stereocenters. The van der Waals surface area contributed by atoms with Crippen molar-refractivity contribution < 1.29 is 24.2 Å². The maximum atomic E-state index is 12.0. The number of nitrogens with zero attached hydrogens (tertiary/aromatic N) is 1.